The Hall–Kier alpha value is -2.51. The van der Waals surface area contributed by atoms with Gasteiger partial charge in [-0.1, -0.05) is 12.2 Å². The quantitative estimate of drug-likeness (QED) is 0.195. The molecule has 2 amide bonds. The van der Waals surface area contributed by atoms with Gasteiger partial charge >= 0.3 is 18.2 Å². The average molecular weight is 384 g/mol. The molecule has 27 heavy (non-hydrogen) atoms. The summed E-state index contributed by atoms with van der Waals surface area (Å²) in [5.41, 5.74) is 0. The number of carbonyl (C=O) groups is 3. The minimum Gasteiger partial charge on any atom is -0.467 e. The van der Waals surface area contributed by atoms with E-state index in [0.29, 0.717) is 38.8 Å². The molecule has 0 saturated carbocycles. The number of alkyl carbamates (subject to hydrolysis) is 2. The third-order valence-electron chi connectivity index (χ3n) is 3.54. The molecule has 0 aromatic rings. The number of allylic oxidation sites excluding steroid dienone is 2. The van der Waals surface area contributed by atoms with Gasteiger partial charge in [0.25, 0.3) is 0 Å². The van der Waals surface area contributed by atoms with Crippen molar-refractivity contribution >= 4 is 18.2 Å². The fourth-order valence-electron chi connectivity index (χ4n) is 2.08. The molecule has 0 bridgehead atoms. The van der Waals surface area contributed by atoms with Crippen LogP contribution in [0.25, 0.3) is 0 Å². The number of hydrogen-bond donors (Lipinski definition) is 2. The molecule has 0 aromatic heterocycles. The Morgan fingerprint density at radius 1 is 0.926 bits per heavy atom. The zero-order valence-corrected chi connectivity index (χ0v) is 16.2. The molecule has 0 aliphatic carbocycles. The van der Waals surface area contributed by atoms with Crippen LogP contribution in [-0.4, -0.2) is 51.1 Å². The topological polar surface area (TPSA) is 103 Å². The first-order chi connectivity index (χ1) is 13.0. The number of unbranched alkanes of at least 4 members (excludes halogenated alkanes) is 3. The van der Waals surface area contributed by atoms with Crippen molar-refractivity contribution in [3.8, 4) is 0 Å². The van der Waals surface area contributed by atoms with Gasteiger partial charge in [0.05, 0.1) is 20.3 Å². The summed E-state index contributed by atoms with van der Waals surface area (Å²) in [6.45, 7) is 8.20. The van der Waals surface area contributed by atoms with Crippen LogP contribution in [0.4, 0.5) is 9.59 Å². The van der Waals surface area contributed by atoms with Gasteiger partial charge in [-0.15, -0.1) is 13.2 Å². The highest BCUT2D eigenvalue weighted by Crippen LogP contribution is 2.04. The molecule has 0 spiro atoms. The van der Waals surface area contributed by atoms with Gasteiger partial charge < -0.3 is 24.8 Å². The molecule has 0 radical (unpaired) electrons. The van der Waals surface area contributed by atoms with E-state index in [9.17, 15) is 14.4 Å². The summed E-state index contributed by atoms with van der Waals surface area (Å²) in [5.74, 6) is -0.535. The van der Waals surface area contributed by atoms with Gasteiger partial charge in [-0.05, 0) is 44.9 Å². The maximum absolute atomic E-state index is 11.8. The molecule has 1 atom stereocenters. The van der Waals surface area contributed by atoms with Crippen molar-refractivity contribution in [2.75, 3.05) is 26.9 Å². The van der Waals surface area contributed by atoms with Gasteiger partial charge in [0.15, 0.2) is 0 Å². The zero-order chi connectivity index (χ0) is 20.3. The third-order valence-corrected chi connectivity index (χ3v) is 3.54. The van der Waals surface area contributed by atoms with Crippen LogP contribution in [0.1, 0.15) is 44.9 Å². The van der Waals surface area contributed by atoms with Crippen molar-refractivity contribution in [3.05, 3.63) is 25.3 Å². The summed E-state index contributed by atoms with van der Waals surface area (Å²) in [7, 11) is 1.26. The number of nitrogens with one attached hydrogen (secondary N) is 2. The second-order valence-electron chi connectivity index (χ2n) is 5.78. The maximum Gasteiger partial charge on any atom is 0.407 e. The molecule has 8 heteroatoms. The number of carbonyl (C=O) groups excluding carboxylic acids is 3. The van der Waals surface area contributed by atoms with E-state index >= 15 is 0 Å². The summed E-state index contributed by atoms with van der Waals surface area (Å²) in [4.78, 5) is 34.9. The summed E-state index contributed by atoms with van der Waals surface area (Å²) < 4.78 is 14.7. The number of esters is 1. The lowest BCUT2D eigenvalue weighted by molar-refractivity contribution is -0.143. The summed E-state index contributed by atoms with van der Waals surface area (Å²) in [6.07, 6.45) is 6.96. The number of hydrogen-bond acceptors (Lipinski definition) is 6. The molecule has 8 nitrogen and oxygen atoms in total. The summed E-state index contributed by atoms with van der Waals surface area (Å²) in [5, 5.41) is 5.14. The predicted octanol–water partition coefficient (Wildman–Crippen LogP) is 3.08. The molecule has 0 aromatic carbocycles. The zero-order valence-electron chi connectivity index (χ0n) is 16.2. The highest BCUT2D eigenvalue weighted by molar-refractivity contribution is 5.81. The van der Waals surface area contributed by atoms with Crippen LogP contribution in [0.5, 0.6) is 0 Å². The lowest BCUT2D eigenvalue weighted by atomic mass is 10.1. The monoisotopic (exact) mass is 384 g/mol. The van der Waals surface area contributed by atoms with Crippen molar-refractivity contribution in [1.29, 1.82) is 0 Å². The first-order valence-corrected chi connectivity index (χ1v) is 9.18. The Labute approximate surface area is 161 Å². The second kappa shape index (κ2) is 16.9. The Morgan fingerprint density at radius 2 is 1.52 bits per heavy atom. The van der Waals surface area contributed by atoms with Crippen LogP contribution in [-0.2, 0) is 19.0 Å². The molecule has 0 unspecified atom stereocenters. The second-order valence-corrected chi connectivity index (χ2v) is 5.78. The Morgan fingerprint density at radius 3 is 2.07 bits per heavy atom. The molecule has 0 heterocycles. The van der Waals surface area contributed by atoms with E-state index in [1.165, 1.54) is 7.11 Å². The molecular weight excluding hydrogens is 352 g/mol. The van der Waals surface area contributed by atoms with Gasteiger partial charge in [0, 0.05) is 6.54 Å². The van der Waals surface area contributed by atoms with Crippen LogP contribution < -0.4 is 10.6 Å². The Bertz CT molecular complexity index is 467. The number of methoxy groups -OCH3 is 1. The smallest absolute Gasteiger partial charge is 0.407 e. The van der Waals surface area contributed by atoms with Crippen LogP contribution in [0, 0.1) is 0 Å². The van der Waals surface area contributed by atoms with Gasteiger partial charge in [0.1, 0.15) is 6.04 Å². The van der Waals surface area contributed by atoms with Gasteiger partial charge in [-0.2, -0.15) is 0 Å². The molecule has 0 aliphatic heterocycles. The van der Waals surface area contributed by atoms with Crippen LogP contribution in [0.3, 0.4) is 0 Å². The first-order valence-electron chi connectivity index (χ1n) is 9.18. The fourth-order valence-corrected chi connectivity index (χ4v) is 2.08. The maximum atomic E-state index is 11.8. The molecule has 2 N–H and O–H groups in total. The normalized spacial score (nSPS) is 11.0. The van der Waals surface area contributed by atoms with Crippen molar-refractivity contribution < 1.29 is 28.6 Å². The SMILES string of the molecule is C=CCCCOC(=O)NCCCC[C@H](NC(=O)OCCCC=C)C(=O)OC. The van der Waals surface area contributed by atoms with Crippen molar-refractivity contribution in [2.45, 2.75) is 51.0 Å². The fraction of sp³-hybridized carbons (Fsp3) is 0.632. The minimum atomic E-state index is -0.784. The molecule has 0 saturated heterocycles. The van der Waals surface area contributed by atoms with Crippen LogP contribution >= 0.6 is 0 Å². The molecule has 0 aliphatic rings. The average Bonchev–Trinajstić information content (AvgIpc) is 2.66. The van der Waals surface area contributed by atoms with E-state index in [0.717, 1.165) is 19.3 Å². The number of ether oxygens (including phenoxy) is 3. The first kappa shape index (κ1) is 24.5. The van der Waals surface area contributed by atoms with E-state index in [1.807, 2.05) is 0 Å². The highest BCUT2D eigenvalue weighted by Gasteiger charge is 2.21. The molecule has 0 fully saturated rings. The number of rotatable bonds is 15. The van der Waals surface area contributed by atoms with E-state index in [4.69, 9.17) is 14.2 Å². The predicted molar refractivity (Wildman–Crippen MR) is 102 cm³/mol. The van der Waals surface area contributed by atoms with Crippen LogP contribution in [0.15, 0.2) is 25.3 Å². The van der Waals surface area contributed by atoms with Gasteiger partial charge in [-0.25, -0.2) is 14.4 Å². The standard InChI is InChI=1S/C19H32N2O6/c1-4-6-10-14-26-18(23)20-13-9-8-12-16(17(22)25-3)21-19(24)27-15-11-7-5-2/h4-5,16H,1-2,6-15H2,3H3,(H,20,23)(H,21,24)/t16-/m0/s1. The molecular formula is C19H32N2O6. The van der Waals surface area contributed by atoms with E-state index in [2.05, 4.69) is 23.8 Å². The van der Waals surface area contributed by atoms with Crippen molar-refractivity contribution in [2.24, 2.45) is 0 Å². The third kappa shape index (κ3) is 14.4. The Balaban J connectivity index is 3.98. The minimum absolute atomic E-state index is 0.255. The Kier molecular flexibility index (Phi) is 15.4. The molecule has 0 rings (SSSR count). The van der Waals surface area contributed by atoms with Crippen LogP contribution in [0.2, 0.25) is 0 Å². The van der Waals surface area contributed by atoms with E-state index in [1.54, 1.807) is 12.2 Å². The molecule has 154 valence electrons. The van der Waals surface area contributed by atoms with Gasteiger partial charge in [-0.3, -0.25) is 0 Å². The van der Waals surface area contributed by atoms with Gasteiger partial charge in [0.2, 0.25) is 0 Å². The largest absolute Gasteiger partial charge is 0.467 e. The lowest BCUT2D eigenvalue weighted by Gasteiger charge is -2.16. The van der Waals surface area contributed by atoms with E-state index < -0.39 is 24.2 Å². The van der Waals surface area contributed by atoms with Crippen molar-refractivity contribution in [1.82, 2.24) is 10.6 Å². The summed E-state index contributed by atoms with van der Waals surface area (Å²) >= 11 is 0. The van der Waals surface area contributed by atoms with Crippen molar-refractivity contribution in [3.63, 3.8) is 0 Å². The van der Waals surface area contributed by atoms with E-state index in [-0.39, 0.29) is 6.61 Å². The number of amides is 2. The lowest BCUT2D eigenvalue weighted by Crippen LogP contribution is -2.42. The highest BCUT2D eigenvalue weighted by atomic mass is 16.6. The summed E-state index contributed by atoms with van der Waals surface area (Å²) in [6, 6.07) is -0.784.